The number of anilines is 2. The largest absolute Gasteiger partial charge is 0.471 e. The molecule has 41 heavy (non-hydrogen) atoms. The second-order valence-electron chi connectivity index (χ2n) is 9.55. The molecule has 0 bridgehead atoms. The van der Waals surface area contributed by atoms with Gasteiger partial charge >= 0.3 is 18.2 Å². The van der Waals surface area contributed by atoms with Crippen molar-refractivity contribution in [2.45, 2.75) is 32.7 Å². The molecule has 1 saturated heterocycles. The monoisotopic (exact) mass is 598 g/mol. The summed E-state index contributed by atoms with van der Waals surface area (Å²) in [4.78, 5) is 27.4. The molecule has 216 valence electrons. The minimum Gasteiger partial charge on any atom is -0.338 e. The Kier molecular flexibility index (Phi) is 7.39. The van der Waals surface area contributed by atoms with Gasteiger partial charge in [-0.25, -0.2) is 4.98 Å². The van der Waals surface area contributed by atoms with Crippen molar-refractivity contribution in [1.82, 2.24) is 35.2 Å². The summed E-state index contributed by atoms with van der Waals surface area (Å²) in [6, 6.07) is 4.37. The molecule has 4 aromatic heterocycles. The summed E-state index contributed by atoms with van der Waals surface area (Å²) in [5, 5.41) is 11.3. The van der Waals surface area contributed by atoms with E-state index in [1.54, 1.807) is 4.90 Å². The lowest BCUT2D eigenvalue weighted by Crippen LogP contribution is -2.51. The molecule has 1 aliphatic heterocycles. The summed E-state index contributed by atoms with van der Waals surface area (Å²) in [6.07, 6.45) is -6.68. The summed E-state index contributed by atoms with van der Waals surface area (Å²) in [5.41, 5.74) is -1.07. The zero-order chi connectivity index (χ0) is 29.5. The van der Waals surface area contributed by atoms with Gasteiger partial charge in [-0.1, -0.05) is 19.0 Å². The molecule has 4 aromatic rings. The van der Waals surface area contributed by atoms with Gasteiger partial charge in [-0.15, -0.1) is 16.4 Å². The van der Waals surface area contributed by atoms with Crippen molar-refractivity contribution in [2.24, 2.45) is 11.8 Å². The molecule has 0 aromatic carbocycles. The molecule has 17 heteroatoms. The van der Waals surface area contributed by atoms with Crippen molar-refractivity contribution in [2.75, 3.05) is 18.0 Å². The van der Waals surface area contributed by atoms with Gasteiger partial charge in [-0.05, 0) is 30.0 Å². The average Bonchev–Trinajstić information content (AvgIpc) is 3.56. The van der Waals surface area contributed by atoms with E-state index in [0.29, 0.717) is 36.0 Å². The van der Waals surface area contributed by atoms with Crippen LogP contribution in [0.15, 0.2) is 41.3 Å². The van der Waals surface area contributed by atoms with Crippen molar-refractivity contribution < 1.29 is 35.7 Å². The van der Waals surface area contributed by atoms with E-state index in [9.17, 15) is 31.1 Å². The number of rotatable bonds is 7. The van der Waals surface area contributed by atoms with Gasteiger partial charge in [0.15, 0.2) is 17.3 Å². The van der Waals surface area contributed by atoms with Crippen molar-refractivity contribution in [1.29, 1.82) is 0 Å². The smallest absolute Gasteiger partial charge is 0.338 e. The molecule has 5 rings (SSSR count). The first-order chi connectivity index (χ1) is 19.3. The SMILES string of the molecule is CC(C)C1CN(C(=O)c2cnnc(N(Cc3ccc(-c4noc(C(F)(F)F)n4)s3)c3cncc(C(F)(F)F)n3)c2)C1. The predicted octanol–water partition coefficient (Wildman–Crippen LogP) is 5.48. The van der Waals surface area contributed by atoms with Crippen molar-refractivity contribution in [3.63, 3.8) is 0 Å². The van der Waals surface area contributed by atoms with Crippen LogP contribution in [0.1, 0.15) is 40.7 Å². The quantitative estimate of drug-likeness (QED) is 0.255. The Morgan fingerprint density at radius 3 is 2.49 bits per heavy atom. The Morgan fingerprint density at radius 1 is 1.07 bits per heavy atom. The third kappa shape index (κ3) is 6.13. The molecule has 0 radical (unpaired) electrons. The molecule has 1 amide bonds. The topological polar surface area (TPSA) is 114 Å². The third-order valence-corrected chi connectivity index (χ3v) is 7.42. The molecule has 0 atom stereocenters. The van der Waals surface area contributed by atoms with Crippen LogP contribution < -0.4 is 4.90 Å². The number of carbonyl (C=O) groups excluding carboxylic acids is 1. The second kappa shape index (κ2) is 10.7. The highest BCUT2D eigenvalue weighted by molar-refractivity contribution is 7.15. The van der Waals surface area contributed by atoms with Gasteiger partial charge in [0.25, 0.3) is 5.91 Å². The average molecular weight is 599 g/mol. The zero-order valence-electron chi connectivity index (χ0n) is 21.3. The number of likely N-dealkylation sites (tertiary alicyclic amines) is 1. The van der Waals surface area contributed by atoms with Crippen molar-refractivity contribution >= 4 is 28.9 Å². The summed E-state index contributed by atoms with van der Waals surface area (Å²) in [5.74, 6) is -1.57. The Bertz CT molecular complexity index is 1550. The van der Waals surface area contributed by atoms with E-state index < -0.39 is 23.9 Å². The zero-order valence-corrected chi connectivity index (χ0v) is 22.1. The first kappa shape index (κ1) is 28.4. The van der Waals surface area contributed by atoms with Crippen LogP contribution in [-0.2, 0) is 18.9 Å². The Morgan fingerprint density at radius 2 is 1.83 bits per heavy atom. The van der Waals surface area contributed by atoms with E-state index >= 15 is 0 Å². The van der Waals surface area contributed by atoms with Gasteiger partial charge in [-0.2, -0.15) is 36.4 Å². The van der Waals surface area contributed by atoms with Gasteiger partial charge in [0.1, 0.15) is 0 Å². The Labute approximate surface area is 232 Å². The van der Waals surface area contributed by atoms with Crippen molar-refractivity contribution in [3.05, 3.63) is 58.8 Å². The van der Waals surface area contributed by atoms with Gasteiger partial charge in [0.05, 0.1) is 35.6 Å². The Balaban J connectivity index is 1.46. The summed E-state index contributed by atoms with van der Waals surface area (Å²) < 4.78 is 83.2. The lowest BCUT2D eigenvalue weighted by atomic mass is 9.88. The van der Waals surface area contributed by atoms with E-state index in [1.165, 1.54) is 29.3 Å². The Hall–Kier alpha value is -4.15. The normalized spacial score (nSPS) is 14.4. The highest BCUT2D eigenvalue weighted by atomic mass is 32.1. The fourth-order valence-corrected chi connectivity index (χ4v) is 4.89. The van der Waals surface area contributed by atoms with Crippen LogP contribution in [-0.4, -0.2) is 54.2 Å². The maximum Gasteiger partial charge on any atom is 0.471 e. The molecule has 1 fully saturated rings. The van der Waals surface area contributed by atoms with Gasteiger partial charge < -0.3 is 14.3 Å². The summed E-state index contributed by atoms with van der Waals surface area (Å²) >= 11 is 0.981. The molecule has 10 nitrogen and oxygen atoms in total. The number of hydrogen-bond donors (Lipinski definition) is 0. The molecular weight excluding hydrogens is 578 g/mol. The van der Waals surface area contributed by atoms with Gasteiger partial charge in [0.2, 0.25) is 5.82 Å². The first-order valence-electron chi connectivity index (χ1n) is 12.1. The van der Waals surface area contributed by atoms with E-state index in [4.69, 9.17) is 0 Å². The highest BCUT2D eigenvalue weighted by Gasteiger charge is 2.39. The number of amides is 1. The molecule has 0 spiro atoms. The third-order valence-electron chi connectivity index (χ3n) is 6.36. The van der Waals surface area contributed by atoms with Crippen LogP contribution in [0.3, 0.4) is 0 Å². The van der Waals surface area contributed by atoms with Crippen LogP contribution in [0.25, 0.3) is 10.7 Å². The molecule has 0 aliphatic carbocycles. The molecule has 0 N–H and O–H groups in total. The van der Waals surface area contributed by atoms with Crippen LogP contribution in [0.5, 0.6) is 0 Å². The van der Waals surface area contributed by atoms with E-state index in [2.05, 4.69) is 48.7 Å². The highest BCUT2D eigenvalue weighted by Crippen LogP contribution is 2.35. The minimum atomic E-state index is -4.82. The summed E-state index contributed by atoms with van der Waals surface area (Å²) in [7, 11) is 0. The summed E-state index contributed by atoms with van der Waals surface area (Å²) in [6.45, 7) is 5.13. The standard InChI is InChI=1S/C24H20F6N8O2S/c1-12(2)14-9-37(10-14)21(39)13-5-18(35-32-6-13)38(19-8-31-7-17(33-19)23(25,26)27)11-15-3-4-16(41-15)20-34-22(40-36-20)24(28,29)30/h3-8,12,14H,9-11H2,1-2H3. The number of thiophene rings is 1. The maximum atomic E-state index is 13.4. The van der Waals surface area contributed by atoms with E-state index in [-0.39, 0.29) is 40.4 Å². The van der Waals surface area contributed by atoms with Crippen molar-refractivity contribution in [3.8, 4) is 10.7 Å². The lowest BCUT2D eigenvalue weighted by molar-refractivity contribution is -0.159. The van der Waals surface area contributed by atoms with Gasteiger partial charge in [0, 0.05) is 18.0 Å². The van der Waals surface area contributed by atoms with Crippen LogP contribution in [0.2, 0.25) is 0 Å². The number of carbonyl (C=O) groups is 1. The molecule has 0 unspecified atom stereocenters. The number of nitrogens with zero attached hydrogens (tertiary/aromatic N) is 8. The van der Waals surface area contributed by atoms with E-state index in [0.717, 1.165) is 17.5 Å². The minimum absolute atomic E-state index is 0.0132. The molecule has 1 aliphatic rings. The van der Waals surface area contributed by atoms with Gasteiger partial charge in [-0.3, -0.25) is 9.78 Å². The lowest BCUT2D eigenvalue weighted by Gasteiger charge is -2.41. The number of aromatic nitrogens is 6. The first-order valence-corrected chi connectivity index (χ1v) is 12.9. The number of alkyl halides is 6. The molecular formula is C24H20F6N8O2S. The van der Waals surface area contributed by atoms with E-state index in [1.807, 2.05) is 0 Å². The molecule has 0 saturated carbocycles. The number of hydrogen-bond acceptors (Lipinski definition) is 10. The predicted molar refractivity (Wildman–Crippen MR) is 132 cm³/mol. The van der Waals surface area contributed by atoms with Crippen LogP contribution >= 0.6 is 11.3 Å². The number of halogens is 6. The van der Waals surface area contributed by atoms with Crippen LogP contribution in [0, 0.1) is 11.8 Å². The molecule has 5 heterocycles. The second-order valence-corrected chi connectivity index (χ2v) is 10.7. The fourth-order valence-electron chi connectivity index (χ4n) is 3.97. The van der Waals surface area contributed by atoms with Crippen LogP contribution in [0.4, 0.5) is 38.0 Å². The fraction of sp³-hybridized carbons (Fsp3) is 0.375. The maximum absolute atomic E-state index is 13.4.